The van der Waals surface area contributed by atoms with Crippen molar-refractivity contribution in [2.75, 3.05) is 11.9 Å². The maximum Gasteiger partial charge on any atom is 0.262 e. The minimum Gasteiger partial charge on any atom is -0.313 e. The molecule has 2 heterocycles. The van der Waals surface area contributed by atoms with Crippen LogP contribution in [0.1, 0.15) is 12.0 Å². The number of benzene rings is 1. The van der Waals surface area contributed by atoms with Crippen molar-refractivity contribution < 1.29 is 13.6 Å². The van der Waals surface area contributed by atoms with E-state index in [2.05, 4.69) is 15.6 Å². The first-order chi connectivity index (χ1) is 10.5. The van der Waals surface area contributed by atoms with Crippen LogP contribution in [0.25, 0.3) is 0 Å². The summed E-state index contributed by atoms with van der Waals surface area (Å²) in [5.74, 6) is -2.97. The number of alkyl halides is 2. The normalized spacial score (nSPS) is 19.1. The molecule has 1 amide bonds. The fraction of sp³-hybridized carbons (Fsp3) is 0.333. The number of hydrogen-bond donors (Lipinski definition) is 2. The van der Waals surface area contributed by atoms with E-state index in [-0.39, 0.29) is 12.4 Å². The Labute approximate surface area is 138 Å². The van der Waals surface area contributed by atoms with Gasteiger partial charge >= 0.3 is 0 Å². The molecule has 2 N–H and O–H groups in total. The molecule has 23 heavy (non-hydrogen) atoms. The van der Waals surface area contributed by atoms with Crippen LogP contribution in [0.15, 0.2) is 42.7 Å². The molecule has 1 aromatic carbocycles. The summed E-state index contributed by atoms with van der Waals surface area (Å²) >= 11 is 0. The summed E-state index contributed by atoms with van der Waals surface area (Å²) in [5, 5.41) is 5.14. The molecular weight excluding hydrogens is 326 g/mol. The molecule has 1 unspecified atom stereocenters. The Morgan fingerprint density at radius 2 is 2.13 bits per heavy atom. The van der Waals surface area contributed by atoms with Crippen molar-refractivity contribution in [3.05, 3.63) is 48.3 Å². The van der Waals surface area contributed by atoms with Gasteiger partial charge in [0.25, 0.3) is 5.92 Å². The van der Waals surface area contributed by atoms with Gasteiger partial charge in [-0.25, -0.2) is 13.8 Å². The number of amides is 1. The highest BCUT2D eigenvalue weighted by molar-refractivity contribution is 5.93. The molecule has 1 aliphatic rings. The largest absolute Gasteiger partial charge is 0.313 e. The minimum absolute atomic E-state index is 0. The number of imidazole rings is 1. The Balaban J connectivity index is 0.00000192. The van der Waals surface area contributed by atoms with Gasteiger partial charge in [-0.1, -0.05) is 30.3 Å². The molecule has 8 heteroatoms. The maximum atomic E-state index is 13.1. The quantitative estimate of drug-likeness (QED) is 0.896. The molecule has 0 saturated carbocycles. The average molecular weight is 343 g/mol. The highest BCUT2D eigenvalue weighted by Crippen LogP contribution is 2.25. The van der Waals surface area contributed by atoms with E-state index in [4.69, 9.17) is 0 Å². The van der Waals surface area contributed by atoms with Crippen LogP contribution < -0.4 is 10.6 Å². The zero-order valence-electron chi connectivity index (χ0n) is 12.2. The van der Waals surface area contributed by atoms with Gasteiger partial charge in [-0.05, 0) is 5.56 Å². The number of carbonyl (C=O) groups is 1. The Morgan fingerprint density at radius 3 is 2.78 bits per heavy atom. The van der Waals surface area contributed by atoms with E-state index >= 15 is 0 Å². The van der Waals surface area contributed by atoms with Crippen LogP contribution in [-0.4, -0.2) is 34.0 Å². The molecule has 124 valence electrons. The first kappa shape index (κ1) is 17.4. The van der Waals surface area contributed by atoms with Crippen LogP contribution in [0.2, 0.25) is 0 Å². The monoisotopic (exact) mass is 342 g/mol. The zero-order valence-corrected chi connectivity index (χ0v) is 13.0. The number of nitrogens with one attached hydrogen (secondary N) is 2. The van der Waals surface area contributed by atoms with Crippen molar-refractivity contribution >= 4 is 24.3 Å². The minimum atomic E-state index is -2.83. The molecule has 0 radical (unpaired) electrons. The third-order valence-corrected chi connectivity index (χ3v) is 3.57. The van der Waals surface area contributed by atoms with Crippen molar-refractivity contribution in [2.24, 2.45) is 0 Å². The van der Waals surface area contributed by atoms with Gasteiger partial charge in [0.05, 0.1) is 19.1 Å². The summed E-state index contributed by atoms with van der Waals surface area (Å²) in [6, 6.07) is 8.81. The molecule has 0 bridgehead atoms. The van der Waals surface area contributed by atoms with Gasteiger partial charge in [-0.15, -0.1) is 12.4 Å². The number of carbonyl (C=O) groups excluding carboxylic acids is 1. The van der Waals surface area contributed by atoms with Crippen LogP contribution in [0.4, 0.5) is 14.7 Å². The van der Waals surface area contributed by atoms with Crippen molar-refractivity contribution in [1.82, 2.24) is 14.9 Å². The van der Waals surface area contributed by atoms with Crippen LogP contribution in [-0.2, 0) is 11.3 Å². The van der Waals surface area contributed by atoms with Gasteiger partial charge in [-0.3, -0.25) is 15.4 Å². The molecule has 1 saturated heterocycles. The average Bonchev–Trinajstić information content (AvgIpc) is 3.07. The summed E-state index contributed by atoms with van der Waals surface area (Å²) in [7, 11) is 0. The Hall–Kier alpha value is -1.99. The van der Waals surface area contributed by atoms with Gasteiger partial charge < -0.3 is 4.57 Å². The predicted molar refractivity (Wildman–Crippen MR) is 85.0 cm³/mol. The van der Waals surface area contributed by atoms with E-state index in [9.17, 15) is 13.6 Å². The summed E-state index contributed by atoms with van der Waals surface area (Å²) in [6.07, 6.45) is 2.81. The van der Waals surface area contributed by atoms with Gasteiger partial charge in [0.15, 0.2) is 0 Å². The molecule has 0 spiro atoms. The standard InChI is InChI=1S/C15H16F2N4O.ClH/c16-15(17)8-12(19-10-15)13(22)20-14-18-6-7-21(14)9-11-4-2-1-3-5-11;/h1-7,12,19H,8-10H2,(H,18,20,22);1H. The molecule has 5 nitrogen and oxygen atoms in total. The maximum absolute atomic E-state index is 13.1. The summed E-state index contributed by atoms with van der Waals surface area (Å²) in [6.45, 7) is 0.0776. The molecular formula is C15H17ClF2N4O. The van der Waals surface area contributed by atoms with Gasteiger partial charge in [0, 0.05) is 18.8 Å². The second-order valence-corrected chi connectivity index (χ2v) is 5.35. The Morgan fingerprint density at radius 1 is 1.39 bits per heavy atom. The molecule has 1 aromatic heterocycles. The van der Waals surface area contributed by atoms with Gasteiger partial charge in [-0.2, -0.15) is 0 Å². The molecule has 3 rings (SSSR count). The van der Waals surface area contributed by atoms with E-state index in [1.807, 2.05) is 30.3 Å². The number of anilines is 1. The number of aromatic nitrogens is 2. The lowest BCUT2D eigenvalue weighted by Gasteiger charge is -2.12. The van der Waals surface area contributed by atoms with Gasteiger partial charge in [0.2, 0.25) is 11.9 Å². The van der Waals surface area contributed by atoms with Crippen LogP contribution in [0.5, 0.6) is 0 Å². The highest BCUT2D eigenvalue weighted by atomic mass is 35.5. The van der Waals surface area contributed by atoms with E-state index in [0.29, 0.717) is 12.5 Å². The summed E-state index contributed by atoms with van der Waals surface area (Å²) < 4.78 is 28.0. The number of rotatable bonds is 4. The van der Waals surface area contributed by atoms with Crippen LogP contribution in [0, 0.1) is 0 Å². The summed E-state index contributed by atoms with van der Waals surface area (Å²) in [5.41, 5.74) is 1.06. The topological polar surface area (TPSA) is 59.0 Å². The fourth-order valence-electron chi connectivity index (χ4n) is 2.44. The lowest BCUT2D eigenvalue weighted by Crippen LogP contribution is -2.36. The van der Waals surface area contributed by atoms with Crippen molar-refractivity contribution in [3.63, 3.8) is 0 Å². The molecule has 0 aliphatic carbocycles. The van der Waals surface area contributed by atoms with Crippen molar-refractivity contribution in [2.45, 2.75) is 24.9 Å². The van der Waals surface area contributed by atoms with E-state index in [1.165, 1.54) is 0 Å². The molecule has 2 aromatic rings. The number of halogens is 3. The van der Waals surface area contributed by atoms with Crippen molar-refractivity contribution in [3.8, 4) is 0 Å². The SMILES string of the molecule is Cl.O=C(Nc1nccn1Cc1ccccc1)C1CC(F)(F)CN1. The third-order valence-electron chi connectivity index (χ3n) is 3.57. The van der Waals surface area contributed by atoms with Crippen molar-refractivity contribution in [1.29, 1.82) is 0 Å². The molecule has 1 fully saturated rings. The second kappa shape index (κ2) is 7.06. The molecule has 1 atom stereocenters. The fourth-order valence-corrected chi connectivity index (χ4v) is 2.44. The lowest BCUT2D eigenvalue weighted by molar-refractivity contribution is -0.118. The third kappa shape index (κ3) is 4.27. The van der Waals surface area contributed by atoms with Crippen LogP contribution >= 0.6 is 12.4 Å². The number of nitrogens with zero attached hydrogens (tertiary/aromatic N) is 2. The second-order valence-electron chi connectivity index (χ2n) is 5.35. The smallest absolute Gasteiger partial charge is 0.262 e. The Bertz CT molecular complexity index is 663. The summed E-state index contributed by atoms with van der Waals surface area (Å²) in [4.78, 5) is 16.1. The highest BCUT2D eigenvalue weighted by Gasteiger charge is 2.42. The van der Waals surface area contributed by atoms with E-state index in [1.54, 1.807) is 17.0 Å². The van der Waals surface area contributed by atoms with Crippen LogP contribution in [0.3, 0.4) is 0 Å². The van der Waals surface area contributed by atoms with E-state index in [0.717, 1.165) is 5.56 Å². The van der Waals surface area contributed by atoms with E-state index < -0.39 is 30.8 Å². The first-order valence-electron chi connectivity index (χ1n) is 7.01. The van der Waals surface area contributed by atoms with Gasteiger partial charge in [0.1, 0.15) is 0 Å². The Kier molecular flexibility index (Phi) is 5.33. The predicted octanol–water partition coefficient (Wildman–Crippen LogP) is 2.29. The molecule has 1 aliphatic heterocycles. The zero-order chi connectivity index (χ0) is 15.6. The first-order valence-corrected chi connectivity index (χ1v) is 7.01. The lowest BCUT2D eigenvalue weighted by atomic mass is 10.2. The number of hydrogen-bond acceptors (Lipinski definition) is 3.